The van der Waals surface area contributed by atoms with E-state index in [1.54, 1.807) is 31.3 Å². The number of hydrogen-bond acceptors (Lipinski definition) is 7. The molecule has 1 aromatic carbocycles. The number of nitrogens with zero attached hydrogens (tertiary/aromatic N) is 4. The van der Waals surface area contributed by atoms with E-state index in [0.29, 0.717) is 22.7 Å². The first-order valence-electron chi connectivity index (χ1n) is 10.5. The molecule has 16 heteroatoms. The summed E-state index contributed by atoms with van der Waals surface area (Å²) >= 11 is 1.96. The zero-order valence-corrected chi connectivity index (χ0v) is 23.1. The fraction of sp³-hybridized carbons (Fsp3) is 0.238. The largest absolute Gasteiger partial charge is 0.433 e. The summed E-state index contributed by atoms with van der Waals surface area (Å²) < 4.78 is 82.1. The van der Waals surface area contributed by atoms with Crippen molar-refractivity contribution in [1.82, 2.24) is 9.97 Å². The molecule has 3 heterocycles. The number of pyridine rings is 2. The fourth-order valence-electron chi connectivity index (χ4n) is 3.55. The van der Waals surface area contributed by atoms with Gasteiger partial charge in [0.05, 0.1) is 17.1 Å². The van der Waals surface area contributed by atoms with Crippen LogP contribution in [0.3, 0.4) is 0 Å². The molecule has 0 aliphatic carbocycles. The Balaban J connectivity index is 1.79. The van der Waals surface area contributed by atoms with Crippen LogP contribution in [0.1, 0.15) is 5.69 Å². The Morgan fingerprint density at radius 3 is 2.49 bits per heavy atom. The molecule has 1 aliphatic heterocycles. The Morgan fingerprint density at radius 2 is 1.84 bits per heavy atom. The van der Waals surface area contributed by atoms with Crippen molar-refractivity contribution in [2.75, 3.05) is 38.2 Å². The van der Waals surface area contributed by atoms with Crippen molar-refractivity contribution >= 4 is 79.6 Å². The van der Waals surface area contributed by atoms with Crippen LogP contribution in [0, 0.1) is 0 Å². The zero-order valence-electron chi connectivity index (χ0n) is 19.1. The number of anilines is 7. The van der Waals surface area contributed by atoms with Crippen molar-refractivity contribution in [3.05, 3.63) is 54.2 Å². The van der Waals surface area contributed by atoms with E-state index in [2.05, 4.69) is 25.9 Å². The first-order valence-corrected chi connectivity index (χ1v) is 16.1. The van der Waals surface area contributed by atoms with E-state index in [4.69, 9.17) is 0 Å². The van der Waals surface area contributed by atoms with Gasteiger partial charge >= 0.3 is 6.18 Å². The normalized spacial score (nSPS) is 16.1. The molecule has 37 heavy (non-hydrogen) atoms. The van der Waals surface area contributed by atoms with E-state index in [1.165, 1.54) is 33.4 Å². The molecule has 0 amide bonds. The van der Waals surface area contributed by atoms with Gasteiger partial charge in [-0.05, 0) is 46.3 Å². The number of rotatable bonds is 8. The number of aromatic nitrogens is 2. The van der Waals surface area contributed by atoms with Gasteiger partial charge in [-0.25, -0.2) is 23.0 Å². The van der Waals surface area contributed by atoms with Crippen molar-refractivity contribution in [3.63, 3.8) is 0 Å². The van der Waals surface area contributed by atoms with Gasteiger partial charge in [0.25, 0.3) is 6.43 Å². The van der Waals surface area contributed by atoms with Gasteiger partial charge in [-0.15, -0.1) is 0 Å². The molecule has 1 aliphatic rings. The minimum atomic E-state index is -4.64. The van der Waals surface area contributed by atoms with Gasteiger partial charge in [0.1, 0.15) is 34.0 Å². The molecule has 3 atom stereocenters. The highest BCUT2D eigenvalue weighted by atomic mass is 127. The average Bonchev–Trinajstić information content (AvgIpc) is 3.23. The minimum Gasteiger partial charge on any atom is -0.356 e. The summed E-state index contributed by atoms with van der Waals surface area (Å²) in [5, 5.41) is 8.74. The molecule has 0 saturated heterocycles. The summed E-state index contributed by atoms with van der Waals surface area (Å²) in [5.41, 5.74) is 0.662. The molecule has 0 spiro atoms. The second-order valence-electron chi connectivity index (χ2n) is 7.73. The Morgan fingerprint density at radius 1 is 1.11 bits per heavy atom. The maximum atomic E-state index is 13.8. The van der Waals surface area contributed by atoms with E-state index in [9.17, 15) is 26.2 Å². The maximum Gasteiger partial charge on any atom is 0.433 e. The molecular weight excluding hydrogens is 651 g/mol. The van der Waals surface area contributed by atoms with Gasteiger partial charge in [-0.3, -0.25) is 4.31 Å². The standard InChI is InChI=1S/C21H20F5IN7OPS/c1-33(37(2)35)13-7-4-3-6-11(13)28-12-10-16(30-15-9-5-8-14(29-15)21(24,25)26)31-19-17(12)32-20(18(22)23)34(19)36-27/h3-10,18,20,32,36H,1-2H3,(H2,28,29,30,31). The molecule has 3 unspecified atom stereocenters. The maximum absolute atomic E-state index is 13.8. The van der Waals surface area contributed by atoms with Gasteiger partial charge in [0.15, 0.2) is 12.0 Å². The number of alkyl halides is 5. The Kier molecular flexibility index (Phi) is 8.23. The molecular formula is C21H20F5IN7OPS. The van der Waals surface area contributed by atoms with E-state index in [-0.39, 0.29) is 23.8 Å². The van der Waals surface area contributed by atoms with Crippen LogP contribution >= 0.6 is 28.4 Å². The van der Waals surface area contributed by atoms with Crippen molar-refractivity contribution in [2.45, 2.75) is 18.8 Å². The van der Waals surface area contributed by atoms with Crippen LogP contribution in [0.25, 0.3) is 0 Å². The fourth-order valence-corrected chi connectivity index (χ4v) is 6.10. The number of fused-ring (bicyclic) bond motifs is 1. The molecule has 0 radical (unpaired) electrons. The zero-order chi connectivity index (χ0) is 26.9. The Bertz CT molecular complexity index is 1320. The third-order valence-electron chi connectivity index (χ3n) is 5.32. The highest BCUT2D eigenvalue weighted by molar-refractivity contribution is 14.2. The predicted molar refractivity (Wildman–Crippen MR) is 147 cm³/mol. The van der Waals surface area contributed by atoms with Crippen LogP contribution in [0.4, 0.5) is 62.2 Å². The lowest BCUT2D eigenvalue weighted by Crippen LogP contribution is -2.35. The molecule has 0 fully saturated rings. The Hall–Kier alpha value is -2.52. The number of nitrogens with one attached hydrogen (secondary N) is 3. The summed E-state index contributed by atoms with van der Waals surface area (Å²) in [6, 6.07) is 11.8. The van der Waals surface area contributed by atoms with E-state index >= 15 is 0 Å². The van der Waals surface area contributed by atoms with E-state index in [1.807, 2.05) is 22.0 Å². The molecule has 0 saturated carbocycles. The first kappa shape index (κ1) is 27.5. The second-order valence-corrected chi connectivity index (χ2v) is 11.2. The predicted octanol–water partition coefficient (Wildman–Crippen LogP) is 6.48. The van der Waals surface area contributed by atoms with Crippen LogP contribution in [-0.4, -0.2) is 40.1 Å². The van der Waals surface area contributed by atoms with Gasteiger partial charge < -0.3 is 20.6 Å². The lowest BCUT2D eigenvalue weighted by molar-refractivity contribution is -0.141. The van der Waals surface area contributed by atoms with Crippen LogP contribution < -0.4 is 24.9 Å². The third kappa shape index (κ3) is 5.98. The third-order valence-corrected chi connectivity index (χ3v) is 8.52. The van der Waals surface area contributed by atoms with Crippen molar-refractivity contribution in [2.24, 2.45) is 0 Å². The highest BCUT2D eigenvalue weighted by Gasteiger charge is 2.38. The average molecular weight is 671 g/mol. The molecule has 8 nitrogen and oxygen atoms in total. The molecule has 4 rings (SSSR count). The van der Waals surface area contributed by atoms with Crippen LogP contribution in [0.15, 0.2) is 48.5 Å². The van der Waals surface area contributed by atoms with Gasteiger partial charge in [0, 0.05) is 25.7 Å². The second kappa shape index (κ2) is 11.1. The quantitative estimate of drug-likeness (QED) is 0.144. The summed E-state index contributed by atoms with van der Waals surface area (Å²) in [5.74, 6) is 0.173. The SMILES string of the molecule is CN(c1ccccc1Nc1cc(Nc2cccc(C(F)(F)F)n2)nc2c1NC(C(F)F)N2PI)S(C)=O. The van der Waals surface area contributed by atoms with Gasteiger partial charge in [-0.1, -0.05) is 18.2 Å². The van der Waals surface area contributed by atoms with Crippen molar-refractivity contribution < 1.29 is 26.2 Å². The lowest BCUT2D eigenvalue weighted by atomic mass is 10.2. The monoisotopic (exact) mass is 671 g/mol. The number of benzene rings is 1. The van der Waals surface area contributed by atoms with Crippen LogP contribution in [0.5, 0.6) is 0 Å². The molecule has 198 valence electrons. The van der Waals surface area contributed by atoms with Crippen LogP contribution in [-0.2, 0) is 17.2 Å². The van der Waals surface area contributed by atoms with Gasteiger partial charge in [0.2, 0.25) is 0 Å². The molecule has 3 N–H and O–H groups in total. The summed E-state index contributed by atoms with van der Waals surface area (Å²) in [6.07, 6.45) is -7.33. The summed E-state index contributed by atoms with van der Waals surface area (Å²) in [6.45, 7) is 0. The summed E-state index contributed by atoms with van der Waals surface area (Å²) in [7, 11) is 0.300. The van der Waals surface area contributed by atoms with Gasteiger partial charge in [-0.2, -0.15) is 13.2 Å². The van der Waals surface area contributed by atoms with Crippen LogP contribution in [0.2, 0.25) is 0 Å². The summed E-state index contributed by atoms with van der Waals surface area (Å²) in [4.78, 5) is 8.01. The first-order chi connectivity index (χ1) is 17.5. The number of hydrogen-bond donors (Lipinski definition) is 3. The van der Waals surface area contributed by atoms with Crippen molar-refractivity contribution in [1.29, 1.82) is 0 Å². The minimum absolute atomic E-state index is 0.0920. The molecule has 2 aromatic heterocycles. The Labute approximate surface area is 226 Å². The van der Waals surface area contributed by atoms with E-state index < -0.39 is 35.4 Å². The smallest absolute Gasteiger partial charge is 0.356 e. The van der Waals surface area contributed by atoms with Crippen molar-refractivity contribution in [3.8, 4) is 0 Å². The number of para-hydroxylation sites is 2. The number of halogens is 6. The highest BCUT2D eigenvalue weighted by Crippen LogP contribution is 2.49. The molecule has 0 bridgehead atoms. The topological polar surface area (TPSA) is 85.4 Å². The van der Waals surface area contributed by atoms with E-state index in [0.717, 1.165) is 6.07 Å². The molecule has 3 aromatic rings. The lowest BCUT2D eigenvalue weighted by Gasteiger charge is -2.22.